The molecule has 0 unspecified atom stereocenters. The van der Waals surface area contributed by atoms with E-state index in [-0.39, 0.29) is 16.8 Å². The highest BCUT2D eigenvalue weighted by Crippen LogP contribution is 2.36. The molecule has 0 aliphatic heterocycles. The molecule has 104 valence electrons. The van der Waals surface area contributed by atoms with Gasteiger partial charge < -0.3 is 9.84 Å². The fraction of sp³-hybridized carbons (Fsp3) is 0.571. The van der Waals surface area contributed by atoms with Crippen LogP contribution in [0.2, 0.25) is 5.02 Å². The molecular weight excluding hydrogens is 266 g/mol. The number of aromatic nitrogens is 1. The Hall–Kier alpha value is -1.29. The van der Waals surface area contributed by atoms with Gasteiger partial charge in [-0.3, -0.25) is 0 Å². The summed E-state index contributed by atoms with van der Waals surface area (Å²) in [5.41, 5.74) is 0.217. The second kappa shape index (κ2) is 5.37. The summed E-state index contributed by atoms with van der Waals surface area (Å²) < 4.78 is 5.76. The summed E-state index contributed by atoms with van der Waals surface area (Å²) in [7, 11) is 0. The second-order valence-corrected chi connectivity index (χ2v) is 6.17. The molecule has 0 saturated heterocycles. The molecule has 1 fully saturated rings. The van der Waals surface area contributed by atoms with E-state index in [2.05, 4.69) is 18.8 Å². The summed E-state index contributed by atoms with van der Waals surface area (Å²) >= 11 is 5.77. The monoisotopic (exact) mass is 283 g/mol. The van der Waals surface area contributed by atoms with Crippen molar-refractivity contribution in [2.45, 2.75) is 45.6 Å². The number of carboxylic acids is 1. The molecule has 0 amide bonds. The molecule has 19 heavy (non-hydrogen) atoms. The number of hydrogen-bond acceptors (Lipinski definition) is 3. The van der Waals surface area contributed by atoms with Crippen LogP contribution in [0.3, 0.4) is 0 Å². The minimum absolute atomic E-state index is 0.114. The predicted octanol–water partition coefficient (Wildman–Crippen LogP) is 3.78. The third kappa shape index (κ3) is 3.60. The zero-order chi connectivity index (χ0) is 14.0. The fourth-order valence-corrected chi connectivity index (χ4v) is 2.49. The number of ether oxygens (including phenoxy) is 1. The maximum absolute atomic E-state index is 10.9. The summed E-state index contributed by atoms with van der Waals surface area (Å²) in [4.78, 5) is 14.9. The molecule has 5 heteroatoms. The molecule has 0 radical (unpaired) electrons. The molecular formula is C14H18ClNO3. The molecule has 1 aliphatic rings. The lowest BCUT2D eigenvalue weighted by atomic mass is 9.76. The van der Waals surface area contributed by atoms with Crippen LogP contribution in [0.5, 0.6) is 5.88 Å². The van der Waals surface area contributed by atoms with Crippen molar-refractivity contribution in [2.24, 2.45) is 5.41 Å². The van der Waals surface area contributed by atoms with Crippen molar-refractivity contribution >= 4 is 17.6 Å². The number of hydrogen-bond donors (Lipinski definition) is 1. The minimum Gasteiger partial charge on any atom is -0.476 e. The molecule has 4 nitrogen and oxygen atoms in total. The number of rotatable bonds is 3. The molecule has 1 aromatic heterocycles. The van der Waals surface area contributed by atoms with Crippen LogP contribution in [-0.4, -0.2) is 22.2 Å². The van der Waals surface area contributed by atoms with E-state index < -0.39 is 5.97 Å². The Balaban J connectivity index is 2.04. The summed E-state index contributed by atoms with van der Waals surface area (Å²) in [5, 5.41) is 9.09. The van der Waals surface area contributed by atoms with Crippen molar-refractivity contribution in [3.63, 3.8) is 0 Å². The van der Waals surface area contributed by atoms with Gasteiger partial charge in [0.15, 0.2) is 5.69 Å². The Bertz CT molecular complexity index is 478. The average molecular weight is 284 g/mol. The van der Waals surface area contributed by atoms with Crippen molar-refractivity contribution in [3.05, 3.63) is 22.8 Å². The quantitative estimate of drug-likeness (QED) is 0.917. The first kappa shape index (κ1) is 14.1. The number of nitrogens with zero attached hydrogens (tertiary/aromatic N) is 1. The molecule has 2 rings (SSSR count). The first-order valence-corrected chi connectivity index (χ1v) is 6.82. The maximum Gasteiger partial charge on any atom is 0.356 e. The SMILES string of the molecule is CC1(C)CCC(Oc2ccc(Cl)c(C(=O)O)n2)CC1. The molecule has 1 aliphatic carbocycles. The van der Waals surface area contributed by atoms with E-state index in [1.807, 2.05) is 0 Å². The first-order valence-electron chi connectivity index (χ1n) is 6.44. The number of pyridine rings is 1. The molecule has 0 bridgehead atoms. The highest BCUT2D eigenvalue weighted by Gasteiger charge is 2.28. The maximum atomic E-state index is 10.9. The van der Waals surface area contributed by atoms with Gasteiger partial charge in [-0.1, -0.05) is 25.4 Å². The van der Waals surface area contributed by atoms with Crippen LogP contribution in [0, 0.1) is 5.41 Å². The molecule has 1 aromatic rings. The molecule has 1 N–H and O–H groups in total. The van der Waals surface area contributed by atoms with Crippen LogP contribution in [0.4, 0.5) is 0 Å². The third-order valence-electron chi connectivity index (χ3n) is 3.60. The summed E-state index contributed by atoms with van der Waals surface area (Å²) in [6.45, 7) is 4.51. The van der Waals surface area contributed by atoms with Gasteiger partial charge in [0, 0.05) is 6.07 Å². The third-order valence-corrected chi connectivity index (χ3v) is 3.90. The predicted molar refractivity (Wildman–Crippen MR) is 72.9 cm³/mol. The van der Waals surface area contributed by atoms with E-state index in [9.17, 15) is 4.79 Å². The first-order chi connectivity index (χ1) is 8.87. The fourth-order valence-electron chi connectivity index (χ4n) is 2.30. The Morgan fingerprint density at radius 2 is 2.05 bits per heavy atom. The number of carbonyl (C=O) groups is 1. The average Bonchev–Trinajstić information content (AvgIpc) is 2.34. The standard InChI is InChI=1S/C14H18ClNO3/c1-14(2)7-5-9(6-8-14)19-11-4-3-10(15)12(16-11)13(17)18/h3-4,9H,5-8H2,1-2H3,(H,17,18). The van der Waals surface area contributed by atoms with Crippen LogP contribution in [-0.2, 0) is 0 Å². The van der Waals surface area contributed by atoms with Crippen molar-refractivity contribution in [1.82, 2.24) is 4.98 Å². The number of carboxylic acid groups (broad SMARTS) is 1. The van der Waals surface area contributed by atoms with Crippen molar-refractivity contribution in [2.75, 3.05) is 0 Å². The highest BCUT2D eigenvalue weighted by molar-refractivity contribution is 6.33. The van der Waals surface area contributed by atoms with E-state index in [4.69, 9.17) is 21.4 Å². The lowest BCUT2D eigenvalue weighted by Crippen LogP contribution is -2.28. The van der Waals surface area contributed by atoms with Gasteiger partial charge in [0.05, 0.1) is 5.02 Å². The topological polar surface area (TPSA) is 59.4 Å². The van der Waals surface area contributed by atoms with Gasteiger partial charge >= 0.3 is 5.97 Å². The van der Waals surface area contributed by atoms with Gasteiger partial charge in [0.25, 0.3) is 0 Å². The Kier molecular flexibility index (Phi) is 3.99. The molecule has 1 saturated carbocycles. The molecule has 0 atom stereocenters. The van der Waals surface area contributed by atoms with Gasteiger partial charge in [0.1, 0.15) is 6.10 Å². The van der Waals surface area contributed by atoms with Gasteiger partial charge in [-0.15, -0.1) is 0 Å². The van der Waals surface area contributed by atoms with Crippen LogP contribution in [0.1, 0.15) is 50.0 Å². The molecule has 0 spiro atoms. The van der Waals surface area contributed by atoms with Gasteiger partial charge in [-0.2, -0.15) is 0 Å². The Morgan fingerprint density at radius 3 is 2.63 bits per heavy atom. The summed E-state index contributed by atoms with van der Waals surface area (Å²) in [6.07, 6.45) is 4.27. The zero-order valence-corrected chi connectivity index (χ0v) is 11.9. The van der Waals surface area contributed by atoms with Crippen LogP contribution >= 0.6 is 11.6 Å². The lowest BCUT2D eigenvalue weighted by Gasteiger charge is -2.34. The van der Waals surface area contributed by atoms with Crippen LogP contribution < -0.4 is 4.74 Å². The van der Waals surface area contributed by atoms with Gasteiger partial charge in [0.2, 0.25) is 5.88 Å². The highest BCUT2D eigenvalue weighted by atomic mass is 35.5. The molecule has 1 heterocycles. The smallest absolute Gasteiger partial charge is 0.356 e. The van der Waals surface area contributed by atoms with E-state index in [1.165, 1.54) is 6.07 Å². The number of aromatic carboxylic acids is 1. The van der Waals surface area contributed by atoms with Crippen LogP contribution in [0.15, 0.2) is 12.1 Å². The normalized spacial score (nSPS) is 19.1. The number of halogens is 1. The van der Waals surface area contributed by atoms with Crippen molar-refractivity contribution in [3.8, 4) is 5.88 Å². The minimum atomic E-state index is -1.14. The lowest BCUT2D eigenvalue weighted by molar-refractivity contribution is 0.0684. The van der Waals surface area contributed by atoms with E-state index in [0.29, 0.717) is 11.3 Å². The van der Waals surface area contributed by atoms with Gasteiger partial charge in [-0.25, -0.2) is 9.78 Å². The van der Waals surface area contributed by atoms with E-state index in [0.717, 1.165) is 25.7 Å². The Morgan fingerprint density at radius 1 is 1.42 bits per heavy atom. The van der Waals surface area contributed by atoms with E-state index >= 15 is 0 Å². The largest absolute Gasteiger partial charge is 0.476 e. The van der Waals surface area contributed by atoms with E-state index in [1.54, 1.807) is 6.07 Å². The second-order valence-electron chi connectivity index (χ2n) is 5.77. The summed E-state index contributed by atoms with van der Waals surface area (Å²) in [6, 6.07) is 3.13. The van der Waals surface area contributed by atoms with Gasteiger partial charge in [-0.05, 0) is 37.2 Å². The van der Waals surface area contributed by atoms with Crippen molar-refractivity contribution < 1.29 is 14.6 Å². The summed E-state index contributed by atoms with van der Waals surface area (Å²) in [5.74, 6) is -0.799. The Labute approximate surface area is 117 Å². The van der Waals surface area contributed by atoms with Crippen LogP contribution in [0.25, 0.3) is 0 Å². The van der Waals surface area contributed by atoms with Crippen molar-refractivity contribution in [1.29, 1.82) is 0 Å². The molecule has 0 aromatic carbocycles. The zero-order valence-electron chi connectivity index (χ0n) is 11.1.